The number of nitrogens with one attached hydrogen (secondary N) is 9. The van der Waals surface area contributed by atoms with Crippen molar-refractivity contribution < 1.29 is 116 Å². The van der Waals surface area contributed by atoms with Gasteiger partial charge in [0.25, 0.3) is 0 Å². The Labute approximate surface area is 796 Å². The smallest absolute Gasteiger partial charge is 0.323 e. The first-order valence-electron chi connectivity index (χ1n) is 46.2. The molecule has 14 amide bonds. The summed E-state index contributed by atoms with van der Waals surface area (Å²) in [5.41, 5.74) is 26.3. The maximum atomic E-state index is 16.0. The van der Waals surface area contributed by atoms with Crippen LogP contribution in [0.1, 0.15) is 159 Å². The Bertz CT molecular complexity index is 5150. The number of nitrogens with two attached hydrogens (primary N) is 4. The molecule has 0 radical (unpaired) electrons. The molecule has 0 saturated carbocycles. The van der Waals surface area contributed by atoms with E-state index in [0.29, 0.717) is 63.5 Å². The number of nitrogens with zero attached hydrogens (tertiary/aromatic N) is 6. The molecule has 748 valence electrons. The van der Waals surface area contributed by atoms with Gasteiger partial charge in [-0.05, 0) is 119 Å². The lowest BCUT2D eigenvalue weighted by Crippen LogP contribution is -2.61. The van der Waals surface area contributed by atoms with Crippen LogP contribution < -0.4 is 70.2 Å². The van der Waals surface area contributed by atoms with Crippen molar-refractivity contribution in [1.82, 2.24) is 76.6 Å². The Morgan fingerprint density at radius 3 is 1.77 bits per heavy atom. The fraction of sp³-hybridized carbons (Fsp3) is 0.559. The highest BCUT2D eigenvalue weighted by atomic mass is 32.2. The van der Waals surface area contributed by atoms with Crippen molar-refractivity contribution in [2.45, 2.75) is 253 Å². The topological polar surface area (TPSA) is 652 Å². The number of aromatic amines is 1. The minimum Gasteiger partial charge on any atom is -0.497 e. The second-order valence-corrected chi connectivity index (χ2v) is 36.0. The number of aliphatic hydroxyl groups excluding tert-OH is 1. The van der Waals surface area contributed by atoms with Crippen LogP contribution in [-0.2, 0) is 117 Å². The monoisotopic (exact) mass is 1930 g/mol. The number of hydrogen-bond donors (Lipinski definition) is 17. The number of methoxy groups -OCH3 is 1. The van der Waals surface area contributed by atoms with E-state index in [-0.39, 0.29) is 96.7 Å². The van der Waals surface area contributed by atoms with E-state index in [1.807, 2.05) is 6.92 Å². The minimum atomic E-state index is -1.91. The number of carbonyl (C=O) groups excluding carboxylic acids is 16. The van der Waals surface area contributed by atoms with Gasteiger partial charge in [0.2, 0.25) is 82.7 Å². The number of hydrogen-bond acceptors (Lipinski definition) is 25. The zero-order chi connectivity index (χ0) is 101. The highest BCUT2D eigenvalue weighted by Crippen LogP contribution is 2.30. The molecule has 15 atom stereocenters. The summed E-state index contributed by atoms with van der Waals surface area (Å²) in [6, 6.07) is -0.666. The van der Waals surface area contributed by atoms with E-state index in [2.05, 4.69) is 47.5 Å². The summed E-state index contributed by atoms with van der Waals surface area (Å²) < 4.78 is 6.75. The van der Waals surface area contributed by atoms with E-state index in [4.69, 9.17) is 27.7 Å². The van der Waals surface area contributed by atoms with Gasteiger partial charge >= 0.3 is 17.9 Å². The standard InChI is InChI=1S/C93H131N19O24S/c1-8-10-23-71-86(128)100-62(31-34-79(118)119)84(126)106-69(75(114)32-33-77(97)116)50-137-51-78(117)99-65(39-53-27-29-58(136-7)30-28-53)89(131)107(4)52(3)82(124)103-67(44-80(120)121)92(134)111-38-18-26-72(111)87(129)105-68(45-96)85(127)101-63(22-16-17-36-94)91(133)112-48-57(113)43-74(112)88(130)102-64(40-55-46-98-61-21-14-12-19-59(55)61)76(115)42-54(35-37-95)83(125)104-66(90(132)109(6)73(24-11-9-2)93(135)108(71)5)41-56-47-110(49-81(122)123)70-25-15-13-20-60(56)70/h12-15,19-21,25,27-30,46-47,52,54,57,62-69,71-74,98,113H,8-11,16-18,22-24,26,31-45,48-51,94-96H2,1-7H3,(H2,97,116)(H,99,117)(H,100,128)(H,101,127)(H,102,130)(H,103,124)(H,104,125)(H,105,129)(H,106,126)(H,118,119)(H,120,121)(H,122,123)/t52-,54+,57+,62-,63-,64-,65-,66-,67-,68-,69-,71-,72-,73-,74-/m0/s1. The molecule has 137 heavy (non-hydrogen) atoms. The summed E-state index contributed by atoms with van der Waals surface area (Å²) >= 11 is 0.745. The molecule has 21 N–H and O–H groups in total. The number of ketones is 2. The molecule has 0 aliphatic carbocycles. The molecule has 3 aromatic carbocycles. The average molecular weight is 1930 g/mol. The van der Waals surface area contributed by atoms with Crippen molar-refractivity contribution in [1.29, 1.82) is 0 Å². The van der Waals surface area contributed by atoms with Gasteiger partial charge in [-0.25, -0.2) is 0 Å². The van der Waals surface area contributed by atoms with Crippen LogP contribution in [0.3, 0.4) is 0 Å². The van der Waals surface area contributed by atoms with Crippen molar-refractivity contribution in [3.05, 3.63) is 102 Å². The van der Waals surface area contributed by atoms with Crippen molar-refractivity contribution in [2.24, 2.45) is 28.9 Å². The molecule has 0 bridgehead atoms. The van der Waals surface area contributed by atoms with Crippen LogP contribution in [0.4, 0.5) is 0 Å². The number of H-pyrrole nitrogens is 1. The number of Topliss-reactive ketones (excluding diaryl/α,β-unsaturated/α-hetero) is 2. The highest BCUT2D eigenvalue weighted by Gasteiger charge is 2.47. The second-order valence-electron chi connectivity index (χ2n) is 34.9. The summed E-state index contributed by atoms with van der Waals surface area (Å²) in [5, 5.41) is 64.1. The fourth-order valence-electron chi connectivity index (χ4n) is 17.2. The number of carboxylic acids is 3. The molecule has 3 aliphatic rings. The summed E-state index contributed by atoms with van der Waals surface area (Å²) in [6.45, 7) is 2.93. The van der Waals surface area contributed by atoms with Crippen LogP contribution in [0.15, 0.2) is 85.2 Å². The van der Waals surface area contributed by atoms with Crippen molar-refractivity contribution >= 4 is 146 Å². The fourth-order valence-corrected chi connectivity index (χ4v) is 18.1. The van der Waals surface area contributed by atoms with E-state index >= 15 is 33.6 Å². The average Bonchev–Trinajstić information content (AvgIpc) is 1.64. The number of thioether (sulfide) groups is 1. The number of fused-ring (bicyclic) bond motifs is 4. The molecule has 8 rings (SSSR count). The Morgan fingerprint density at radius 1 is 0.526 bits per heavy atom. The van der Waals surface area contributed by atoms with E-state index in [1.165, 1.54) is 45.9 Å². The highest BCUT2D eigenvalue weighted by molar-refractivity contribution is 8.00. The molecule has 3 fully saturated rings. The summed E-state index contributed by atoms with van der Waals surface area (Å²) in [4.78, 5) is 283. The van der Waals surface area contributed by atoms with Crippen molar-refractivity contribution in [3.63, 3.8) is 0 Å². The van der Waals surface area contributed by atoms with Crippen LogP contribution in [0, 0.1) is 5.92 Å². The Balaban J connectivity index is 1.22. The van der Waals surface area contributed by atoms with Gasteiger partial charge in [-0.2, -0.15) is 0 Å². The largest absolute Gasteiger partial charge is 0.497 e. The lowest BCUT2D eigenvalue weighted by atomic mass is 9.91. The number of aromatic nitrogens is 2. The number of unbranched alkanes of at least 4 members (excludes halogenated alkanes) is 3. The van der Waals surface area contributed by atoms with Gasteiger partial charge in [0.05, 0.1) is 37.5 Å². The first-order chi connectivity index (χ1) is 65.3. The molecule has 43 nitrogen and oxygen atoms in total. The number of aliphatic hydroxyl groups is 1. The van der Waals surface area contributed by atoms with Crippen LogP contribution in [0.25, 0.3) is 21.8 Å². The third-order valence-electron chi connectivity index (χ3n) is 25.0. The third-order valence-corrected chi connectivity index (χ3v) is 26.1. The molecule has 5 aromatic rings. The number of amides is 14. The molecule has 2 aromatic heterocycles. The lowest BCUT2D eigenvalue weighted by molar-refractivity contribution is -0.149. The first-order valence-corrected chi connectivity index (χ1v) is 47.3. The number of likely N-dealkylation sites (N-methyl/N-ethyl adjacent to an activating group) is 3. The van der Waals surface area contributed by atoms with E-state index in [1.54, 1.807) is 85.9 Å². The minimum absolute atomic E-state index is 0.0584. The predicted octanol–water partition coefficient (Wildman–Crippen LogP) is -1.11. The molecule has 3 saturated heterocycles. The number of primary amides is 1. The second kappa shape index (κ2) is 53.0. The number of para-hydroxylation sites is 2. The zero-order valence-corrected chi connectivity index (χ0v) is 79.1. The number of aliphatic carboxylic acids is 3. The van der Waals surface area contributed by atoms with Crippen LogP contribution >= 0.6 is 11.8 Å². The van der Waals surface area contributed by atoms with Gasteiger partial charge in [-0.1, -0.05) is 88.1 Å². The van der Waals surface area contributed by atoms with Gasteiger partial charge in [0, 0.05) is 138 Å². The Hall–Kier alpha value is -12.9. The third kappa shape index (κ3) is 30.8. The van der Waals surface area contributed by atoms with Gasteiger partial charge in [-0.3, -0.25) is 91.1 Å². The van der Waals surface area contributed by atoms with Crippen molar-refractivity contribution in [3.8, 4) is 5.75 Å². The molecule has 5 heterocycles. The Kier molecular flexibility index (Phi) is 42.3. The number of ether oxygens (including phenoxy) is 1. The predicted molar refractivity (Wildman–Crippen MR) is 501 cm³/mol. The number of carboxylic acid groups (broad SMARTS) is 3. The van der Waals surface area contributed by atoms with Gasteiger partial charge in [0.15, 0.2) is 11.6 Å². The normalized spacial score (nSPS) is 24.6. The van der Waals surface area contributed by atoms with Gasteiger partial charge in [0.1, 0.15) is 78.8 Å². The van der Waals surface area contributed by atoms with Crippen LogP contribution in [-0.4, -0.2) is 324 Å². The van der Waals surface area contributed by atoms with E-state index < -0.39 is 279 Å². The molecular formula is C93H131N19O24S. The maximum Gasteiger partial charge on any atom is 0.323 e. The maximum absolute atomic E-state index is 16.0. The molecule has 0 unspecified atom stereocenters. The van der Waals surface area contributed by atoms with Crippen LogP contribution in [0.2, 0.25) is 0 Å². The summed E-state index contributed by atoms with van der Waals surface area (Å²) in [5.74, 6) is -21.2. The van der Waals surface area contributed by atoms with Crippen molar-refractivity contribution in [2.75, 3.05) is 72.5 Å². The first kappa shape index (κ1) is 109. The molecule has 0 spiro atoms. The Morgan fingerprint density at radius 2 is 1.12 bits per heavy atom. The zero-order valence-electron chi connectivity index (χ0n) is 78.3. The number of benzene rings is 3. The lowest BCUT2D eigenvalue weighted by Gasteiger charge is -2.36. The quantitative estimate of drug-likeness (QED) is 0.0234. The summed E-state index contributed by atoms with van der Waals surface area (Å²) in [7, 11) is 5.20. The van der Waals surface area contributed by atoms with E-state index in [0.717, 1.165) is 36.3 Å². The molecule has 44 heteroatoms. The summed E-state index contributed by atoms with van der Waals surface area (Å²) in [6.07, 6.45) is -2.25. The molecular weight excluding hydrogens is 1800 g/mol. The SMILES string of the molecule is CCCC[C@H]1C(=O)N(C)[C@@H](CCCC)C(=O)N[C@@H](CCC(=O)O)C(=O)N[C@H](C(=O)CCC(N)=O)CSCC(=O)N[C@@H](Cc2ccc(OC)cc2)C(=O)N(C)[C@@H](C)C(=O)N[C@@H](CC(=O)O)C(=O)N2CCC[C@H]2C(=O)N[C@@H](CN)C(=O)N[C@@H](CCCCN)C(=O)N2C[C@H](O)C[C@H]2C(=O)N[C@@H](Cc2c[nH]c3ccccc23)C(=O)C[C@@H](CCN)C(=O)N[C@@H](Cc2cn(CC(=O)O)c3ccccc23)C(=O)N1C. The van der Waals surface area contributed by atoms with Gasteiger partial charge < -0.3 is 125 Å². The number of carbonyl (C=O) groups is 19. The van der Waals surface area contributed by atoms with Gasteiger partial charge in [-0.15, -0.1) is 11.8 Å². The van der Waals surface area contributed by atoms with Crippen LogP contribution in [0.5, 0.6) is 5.75 Å². The van der Waals surface area contributed by atoms with E-state index in [9.17, 15) is 78.0 Å². The number of rotatable bonds is 31. The molecule has 3 aliphatic heterocycles.